The van der Waals surface area contributed by atoms with Crippen molar-refractivity contribution in [3.63, 3.8) is 0 Å². The molecule has 1 heterocycles. The van der Waals surface area contributed by atoms with Crippen molar-refractivity contribution in [1.82, 2.24) is 9.97 Å². The van der Waals surface area contributed by atoms with Crippen LogP contribution in [0.1, 0.15) is 38.4 Å². The molecule has 20 heavy (non-hydrogen) atoms. The third kappa shape index (κ3) is 4.07. The summed E-state index contributed by atoms with van der Waals surface area (Å²) >= 11 is 0. The number of hydrogen-bond acceptors (Lipinski definition) is 5. The molecule has 0 spiro atoms. The van der Waals surface area contributed by atoms with Crippen molar-refractivity contribution in [2.45, 2.75) is 39.5 Å². The summed E-state index contributed by atoms with van der Waals surface area (Å²) in [5.74, 6) is 3.49. The Morgan fingerprint density at radius 1 is 1.15 bits per heavy atom. The van der Waals surface area contributed by atoms with Crippen LogP contribution in [0.3, 0.4) is 0 Å². The second-order valence-electron chi connectivity index (χ2n) is 5.58. The van der Waals surface area contributed by atoms with Crippen LogP contribution in [0.4, 0.5) is 11.6 Å². The molecule has 3 N–H and O–H groups in total. The van der Waals surface area contributed by atoms with Crippen molar-refractivity contribution < 1.29 is 5.11 Å². The van der Waals surface area contributed by atoms with E-state index < -0.39 is 0 Å². The van der Waals surface area contributed by atoms with E-state index >= 15 is 0 Å². The van der Waals surface area contributed by atoms with Crippen molar-refractivity contribution >= 4 is 11.6 Å². The molecular weight excluding hydrogens is 252 g/mol. The SMILES string of the molecule is CCNc1cc(NCC2CCCCC2CO)nc(C)n1. The molecule has 1 aliphatic carbocycles. The van der Waals surface area contributed by atoms with E-state index in [1.54, 1.807) is 0 Å². The minimum atomic E-state index is 0.303. The predicted molar refractivity (Wildman–Crippen MR) is 82.0 cm³/mol. The largest absolute Gasteiger partial charge is 0.396 e. The molecular formula is C15H26N4O. The van der Waals surface area contributed by atoms with Gasteiger partial charge in [0.05, 0.1) is 0 Å². The van der Waals surface area contributed by atoms with E-state index in [0.29, 0.717) is 18.4 Å². The number of rotatable bonds is 6. The molecule has 1 saturated carbocycles. The van der Waals surface area contributed by atoms with Crippen molar-refractivity contribution in [2.75, 3.05) is 30.3 Å². The van der Waals surface area contributed by atoms with E-state index in [4.69, 9.17) is 0 Å². The molecule has 0 amide bonds. The zero-order chi connectivity index (χ0) is 14.4. The molecule has 1 aromatic rings. The van der Waals surface area contributed by atoms with Gasteiger partial charge in [0.15, 0.2) is 0 Å². The smallest absolute Gasteiger partial charge is 0.131 e. The summed E-state index contributed by atoms with van der Waals surface area (Å²) in [6.07, 6.45) is 4.86. The Bertz CT molecular complexity index is 424. The highest BCUT2D eigenvalue weighted by Crippen LogP contribution is 2.29. The molecule has 0 radical (unpaired) electrons. The molecule has 0 aromatic carbocycles. The summed E-state index contributed by atoms with van der Waals surface area (Å²) in [7, 11) is 0. The first kappa shape index (κ1) is 15.0. The normalized spacial score (nSPS) is 22.6. The number of anilines is 2. The van der Waals surface area contributed by atoms with Gasteiger partial charge in [0, 0.05) is 25.8 Å². The van der Waals surface area contributed by atoms with Gasteiger partial charge in [0.25, 0.3) is 0 Å². The van der Waals surface area contributed by atoms with Crippen molar-refractivity contribution in [2.24, 2.45) is 11.8 Å². The molecule has 0 aliphatic heterocycles. The Hall–Kier alpha value is -1.36. The van der Waals surface area contributed by atoms with Crippen LogP contribution in [0.2, 0.25) is 0 Å². The van der Waals surface area contributed by atoms with Gasteiger partial charge in [-0.25, -0.2) is 9.97 Å². The lowest BCUT2D eigenvalue weighted by Gasteiger charge is -2.30. The fraction of sp³-hybridized carbons (Fsp3) is 0.733. The highest BCUT2D eigenvalue weighted by Gasteiger charge is 2.24. The Balaban J connectivity index is 1.95. The second kappa shape index (κ2) is 7.43. The fourth-order valence-corrected chi connectivity index (χ4v) is 2.96. The van der Waals surface area contributed by atoms with E-state index in [1.807, 2.05) is 13.0 Å². The molecule has 5 heteroatoms. The summed E-state index contributed by atoms with van der Waals surface area (Å²) in [5, 5.41) is 16.1. The van der Waals surface area contributed by atoms with Crippen LogP contribution < -0.4 is 10.6 Å². The quantitative estimate of drug-likeness (QED) is 0.745. The van der Waals surface area contributed by atoms with E-state index in [0.717, 1.165) is 37.0 Å². The van der Waals surface area contributed by atoms with E-state index in [9.17, 15) is 5.11 Å². The van der Waals surface area contributed by atoms with Crippen LogP contribution in [0.5, 0.6) is 0 Å². The molecule has 1 fully saturated rings. The Morgan fingerprint density at radius 3 is 2.45 bits per heavy atom. The van der Waals surface area contributed by atoms with Gasteiger partial charge in [-0.1, -0.05) is 12.8 Å². The number of aliphatic hydroxyl groups excluding tert-OH is 1. The summed E-state index contributed by atoms with van der Waals surface area (Å²) in [6.45, 7) is 6.00. The zero-order valence-electron chi connectivity index (χ0n) is 12.5. The maximum Gasteiger partial charge on any atom is 0.131 e. The molecule has 2 rings (SSSR count). The molecule has 2 atom stereocenters. The van der Waals surface area contributed by atoms with Gasteiger partial charge in [-0.3, -0.25) is 0 Å². The van der Waals surface area contributed by atoms with Gasteiger partial charge in [-0.05, 0) is 38.5 Å². The number of nitrogens with one attached hydrogen (secondary N) is 2. The molecule has 1 aromatic heterocycles. The molecule has 1 aliphatic rings. The maximum absolute atomic E-state index is 9.45. The summed E-state index contributed by atoms with van der Waals surface area (Å²) in [4.78, 5) is 8.77. The van der Waals surface area contributed by atoms with E-state index in [2.05, 4.69) is 27.5 Å². The van der Waals surface area contributed by atoms with Crippen LogP contribution in [0.25, 0.3) is 0 Å². The Morgan fingerprint density at radius 2 is 1.80 bits per heavy atom. The Kier molecular flexibility index (Phi) is 5.59. The second-order valence-corrected chi connectivity index (χ2v) is 5.58. The van der Waals surface area contributed by atoms with Crippen LogP contribution in [-0.4, -0.2) is 34.8 Å². The zero-order valence-corrected chi connectivity index (χ0v) is 12.5. The number of aromatic nitrogens is 2. The standard InChI is InChI=1S/C15H26N4O/c1-3-16-14-8-15(19-11(2)18-14)17-9-12-6-4-5-7-13(12)10-20/h8,12-13,20H,3-7,9-10H2,1-2H3,(H2,16,17,18,19). The number of nitrogens with zero attached hydrogens (tertiary/aromatic N) is 2. The van der Waals surface area contributed by atoms with E-state index in [1.165, 1.54) is 19.3 Å². The highest BCUT2D eigenvalue weighted by atomic mass is 16.3. The van der Waals surface area contributed by atoms with Crippen LogP contribution >= 0.6 is 0 Å². The highest BCUT2D eigenvalue weighted by molar-refractivity contribution is 5.47. The van der Waals surface area contributed by atoms with Gasteiger partial charge < -0.3 is 15.7 Å². The minimum absolute atomic E-state index is 0.303. The average molecular weight is 278 g/mol. The lowest BCUT2D eigenvalue weighted by molar-refractivity contribution is 0.141. The topological polar surface area (TPSA) is 70.1 Å². The van der Waals surface area contributed by atoms with Crippen molar-refractivity contribution in [3.05, 3.63) is 11.9 Å². The van der Waals surface area contributed by atoms with Gasteiger partial charge >= 0.3 is 0 Å². The fourth-order valence-electron chi connectivity index (χ4n) is 2.96. The molecule has 5 nitrogen and oxygen atoms in total. The van der Waals surface area contributed by atoms with Gasteiger partial charge in [-0.15, -0.1) is 0 Å². The lowest BCUT2D eigenvalue weighted by atomic mass is 9.79. The number of hydrogen-bond donors (Lipinski definition) is 3. The monoisotopic (exact) mass is 278 g/mol. The van der Waals surface area contributed by atoms with Crippen molar-refractivity contribution in [3.8, 4) is 0 Å². The summed E-state index contributed by atoms with van der Waals surface area (Å²) in [5.41, 5.74) is 0. The molecule has 0 saturated heterocycles. The van der Waals surface area contributed by atoms with E-state index in [-0.39, 0.29) is 0 Å². The third-order valence-corrected chi connectivity index (χ3v) is 4.04. The van der Waals surface area contributed by atoms with Crippen molar-refractivity contribution in [1.29, 1.82) is 0 Å². The predicted octanol–water partition coefficient (Wildman–Crippen LogP) is 2.43. The molecule has 0 bridgehead atoms. The third-order valence-electron chi connectivity index (χ3n) is 4.04. The number of aryl methyl sites for hydroxylation is 1. The first-order valence-electron chi connectivity index (χ1n) is 7.67. The van der Waals surface area contributed by atoms with Gasteiger partial charge in [0.2, 0.25) is 0 Å². The molecule has 2 unspecified atom stereocenters. The first-order valence-corrected chi connectivity index (χ1v) is 7.67. The van der Waals surface area contributed by atoms with Crippen LogP contribution in [0.15, 0.2) is 6.07 Å². The van der Waals surface area contributed by atoms with Gasteiger partial charge in [-0.2, -0.15) is 0 Å². The molecule has 112 valence electrons. The lowest BCUT2D eigenvalue weighted by Crippen LogP contribution is -2.28. The Labute approximate surface area is 121 Å². The van der Waals surface area contributed by atoms with Crippen LogP contribution in [-0.2, 0) is 0 Å². The summed E-state index contributed by atoms with van der Waals surface area (Å²) < 4.78 is 0. The van der Waals surface area contributed by atoms with Gasteiger partial charge in [0.1, 0.15) is 17.5 Å². The minimum Gasteiger partial charge on any atom is -0.396 e. The average Bonchev–Trinajstić information content (AvgIpc) is 2.45. The number of aliphatic hydroxyl groups is 1. The first-order chi connectivity index (χ1) is 9.72. The maximum atomic E-state index is 9.45. The summed E-state index contributed by atoms with van der Waals surface area (Å²) in [6, 6.07) is 1.95. The van der Waals surface area contributed by atoms with Crippen LogP contribution in [0, 0.1) is 18.8 Å².